The van der Waals surface area contributed by atoms with Gasteiger partial charge in [-0.1, -0.05) is 13.8 Å². The molecule has 0 bridgehead atoms. The fraction of sp³-hybridized carbons (Fsp3) is 0.804. The second kappa shape index (κ2) is 16.6. The van der Waals surface area contributed by atoms with Gasteiger partial charge in [0.1, 0.15) is 29.8 Å². The largest absolute Gasteiger partial charge is 0.465 e. The number of allylic oxidation sites excluding steroid dienone is 1. The molecule has 1 aromatic rings. The fourth-order valence-electron chi connectivity index (χ4n) is 13.4. The van der Waals surface area contributed by atoms with Gasteiger partial charge in [0.15, 0.2) is 18.9 Å². The summed E-state index contributed by atoms with van der Waals surface area (Å²) in [5.41, 5.74) is -1.36. The van der Waals surface area contributed by atoms with Crippen molar-refractivity contribution in [2.24, 2.45) is 34.5 Å². The van der Waals surface area contributed by atoms with Crippen LogP contribution in [0.25, 0.3) is 6.08 Å². The highest BCUT2D eigenvalue weighted by Gasteiger charge is 2.71. The minimum absolute atomic E-state index is 0.00440. The van der Waals surface area contributed by atoms with E-state index in [1.165, 1.54) is 6.08 Å². The van der Waals surface area contributed by atoms with Crippen molar-refractivity contribution < 1.29 is 73.0 Å². The normalized spacial score (nSPS) is 52.0. The van der Waals surface area contributed by atoms with Gasteiger partial charge in [-0.2, -0.15) is 0 Å². The van der Waals surface area contributed by atoms with Crippen molar-refractivity contribution in [3.63, 3.8) is 0 Å². The highest BCUT2D eigenvalue weighted by Crippen LogP contribution is 2.70. The van der Waals surface area contributed by atoms with Crippen LogP contribution in [0.5, 0.6) is 0 Å². The molecule has 21 atom stereocenters. The third-order valence-corrected chi connectivity index (χ3v) is 16.8. The smallest absolute Gasteiger partial charge is 0.336 e. The van der Waals surface area contributed by atoms with E-state index in [1.807, 2.05) is 13.8 Å². The minimum Gasteiger partial charge on any atom is -0.465 e. The predicted molar refractivity (Wildman–Crippen MR) is 214 cm³/mol. The van der Waals surface area contributed by atoms with Crippen molar-refractivity contribution in [2.45, 2.75) is 197 Å². The molecule has 340 valence electrons. The Morgan fingerprint density at radius 1 is 0.738 bits per heavy atom. The maximum Gasteiger partial charge on any atom is 0.336 e. The molecular weight excluding hydrogens is 792 g/mol. The van der Waals surface area contributed by atoms with Crippen LogP contribution in [0.4, 0.5) is 0 Å². The van der Waals surface area contributed by atoms with Gasteiger partial charge in [-0.3, -0.25) is 0 Å². The zero-order valence-electron chi connectivity index (χ0n) is 35.9. The van der Waals surface area contributed by atoms with Gasteiger partial charge in [0.2, 0.25) is 0 Å². The van der Waals surface area contributed by atoms with E-state index in [-0.39, 0.29) is 48.5 Å². The lowest BCUT2D eigenvalue weighted by molar-refractivity contribution is -0.336. The second-order valence-corrected chi connectivity index (χ2v) is 20.0. The Morgan fingerprint density at radius 3 is 2.00 bits per heavy atom. The SMILES string of the molecule is C[C@H]1O[C@@H](O[C@H]2[C@@H](O)C[C@H](O[C@H]3[C@@H](O)C[C@H](O[C@H]4CC[C@@]5(C)[C@H](CC[C@@H]6[C@@H]5C[C@@H](O)[C@]5(C)[C@@H](C7=CC(=O)O/C7=C\c7ccco7)CC[C@]65O)C4)O[C@@H]3C)O[C@@H]2C)C[C@H](O)[C@@H]1O. The number of furan rings is 1. The number of hydrogen-bond donors (Lipinski definition) is 6. The first-order valence-electron chi connectivity index (χ1n) is 22.7. The molecule has 0 unspecified atom stereocenters. The van der Waals surface area contributed by atoms with Crippen molar-refractivity contribution in [3.05, 3.63) is 41.6 Å². The zero-order valence-corrected chi connectivity index (χ0v) is 35.9. The predicted octanol–water partition coefficient (Wildman–Crippen LogP) is 3.85. The molecular formula is C46H66O15. The molecule has 0 amide bonds. The van der Waals surface area contributed by atoms with Crippen LogP contribution < -0.4 is 0 Å². The molecule has 15 nitrogen and oxygen atoms in total. The van der Waals surface area contributed by atoms with E-state index in [1.54, 1.807) is 38.3 Å². The standard InChI is InChI=1S/C46H66O15/c1-22-41(52)32(47)19-39(55-22)60-43-24(3)57-40(21-34(43)49)61-42-23(2)56-38(20-33(42)48)58-27-10-12-44(4)25(15-27)8-9-30-31(44)18-36(50)45(5)29(11-13-46(30,45)53)28-17-37(51)59-35(28)16-26-7-6-14-54-26/h6-7,14,16-17,22-25,27,29-34,36,38-43,47-50,52-53H,8-13,15,18-21H2,1-5H3/b35-16-/t22-,23-,24-,25-,27+,29-,30-,31+,32+,33+,34+,36-,38+,39+,40+,41-,42-,43-,44+,45+,46+/m1/s1. The molecule has 8 aliphatic rings. The van der Waals surface area contributed by atoms with E-state index in [0.29, 0.717) is 36.7 Å². The zero-order chi connectivity index (χ0) is 43.2. The van der Waals surface area contributed by atoms with Gasteiger partial charge in [0, 0.05) is 42.4 Å². The lowest BCUT2D eigenvalue weighted by Crippen LogP contribution is -2.67. The fourth-order valence-corrected chi connectivity index (χ4v) is 13.4. The van der Waals surface area contributed by atoms with Crippen molar-refractivity contribution in [2.75, 3.05) is 0 Å². The minimum atomic E-state index is -1.11. The van der Waals surface area contributed by atoms with Crippen molar-refractivity contribution >= 4 is 12.0 Å². The van der Waals surface area contributed by atoms with Crippen LogP contribution in [0, 0.1) is 34.5 Å². The third kappa shape index (κ3) is 7.69. The molecule has 7 fully saturated rings. The Morgan fingerprint density at radius 2 is 1.38 bits per heavy atom. The van der Waals surface area contributed by atoms with E-state index in [2.05, 4.69) is 6.92 Å². The van der Waals surface area contributed by atoms with Gasteiger partial charge < -0.3 is 68.2 Å². The van der Waals surface area contributed by atoms with Crippen molar-refractivity contribution in [3.8, 4) is 0 Å². The van der Waals surface area contributed by atoms with Crippen molar-refractivity contribution in [1.82, 2.24) is 0 Å². The number of esters is 1. The molecule has 0 aromatic carbocycles. The Balaban J connectivity index is 0.791. The summed E-state index contributed by atoms with van der Waals surface area (Å²) in [5.74, 6) is 0.733. The number of rotatable bonds is 8. The summed E-state index contributed by atoms with van der Waals surface area (Å²) in [6.07, 6.45) is 1.03. The number of ether oxygens (including phenoxy) is 7. The molecule has 0 spiro atoms. The van der Waals surface area contributed by atoms with E-state index < -0.39 is 96.9 Å². The summed E-state index contributed by atoms with van der Waals surface area (Å²) in [5, 5.41) is 67.6. The lowest BCUT2D eigenvalue weighted by Gasteiger charge is -2.65. The number of cyclic esters (lactones) is 1. The van der Waals surface area contributed by atoms with Crippen LogP contribution in [-0.2, 0) is 38.0 Å². The average molecular weight is 859 g/mol. The molecule has 3 saturated heterocycles. The molecule has 15 heteroatoms. The first-order chi connectivity index (χ1) is 29.0. The summed E-state index contributed by atoms with van der Waals surface area (Å²) in [6, 6.07) is 3.57. The van der Waals surface area contributed by atoms with E-state index in [9.17, 15) is 35.4 Å². The number of aliphatic hydroxyl groups is 6. The van der Waals surface area contributed by atoms with Gasteiger partial charge in [-0.15, -0.1) is 0 Å². The van der Waals surface area contributed by atoms with Gasteiger partial charge in [0.05, 0.1) is 60.7 Å². The molecule has 4 aliphatic heterocycles. The van der Waals surface area contributed by atoms with Gasteiger partial charge in [0.25, 0.3) is 0 Å². The van der Waals surface area contributed by atoms with E-state index in [4.69, 9.17) is 37.6 Å². The highest BCUT2D eigenvalue weighted by molar-refractivity contribution is 5.90. The number of carbonyl (C=O) groups excluding carboxylic acids is 1. The van der Waals surface area contributed by atoms with Crippen LogP contribution >= 0.6 is 0 Å². The molecule has 5 heterocycles. The van der Waals surface area contributed by atoms with E-state index in [0.717, 1.165) is 37.7 Å². The molecule has 9 rings (SSSR count). The summed E-state index contributed by atoms with van der Waals surface area (Å²) >= 11 is 0. The average Bonchev–Trinajstić information content (AvgIpc) is 3.92. The van der Waals surface area contributed by atoms with Gasteiger partial charge in [-0.25, -0.2) is 4.79 Å². The molecule has 6 N–H and O–H groups in total. The molecule has 4 aliphatic carbocycles. The monoisotopic (exact) mass is 858 g/mol. The van der Waals surface area contributed by atoms with Crippen LogP contribution in [0.3, 0.4) is 0 Å². The summed E-state index contributed by atoms with van der Waals surface area (Å²) < 4.78 is 48.1. The quantitative estimate of drug-likeness (QED) is 0.162. The molecule has 0 radical (unpaired) electrons. The summed E-state index contributed by atoms with van der Waals surface area (Å²) in [7, 11) is 0. The van der Waals surface area contributed by atoms with E-state index >= 15 is 0 Å². The van der Waals surface area contributed by atoms with Crippen LogP contribution in [0.2, 0.25) is 0 Å². The first-order valence-corrected chi connectivity index (χ1v) is 22.7. The van der Waals surface area contributed by atoms with Crippen molar-refractivity contribution in [1.29, 1.82) is 0 Å². The Kier molecular flexibility index (Phi) is 12.0. The van der Waals surface area contributed by atoms with Crippen LogP contribution in [0.15, 0.2) is 40.2 Å². The Hall–Kier alpha value is -2.25. The Labute approximate surface area is 357 Å². The molecule has 61 heavy (non-hydrogen) atoms. The summed E-state index contributed by atoms with van der Waals surface area (Å²) in [4.78, 5) is 12.6. The first kappa shape index (κ1) is 44.0. The van der Waals surface area contributed by atoms with Gasteiger partial charge >= 0.3 is 5.97 Å². The molecule has 1 aromatic heterocycles. The molecule has 4 saturated carbocycles. The highest BCUT2D eigenvalue weighted by atomic mass is 16.7. The van der Waals surface area contributed by atoms with Crippen LogP contribution in [0.1, 0.15) is 111 Å². The number of aliphatic hydroxyl groups excluding tert-OH is 5. The maximum atomic E-state index is 12.9. The van der Waals surface area contributed by atoms with Gasteiger partial charge in [-0.05, 0) is 113 Å². The number of fused-ring (bicyclic) bond motifs is 5. The van der Waals surface area contributed by atoms with Crippen LogP contribution in [-0.4, -0.2) is 128 Å². The number of hydrogen-bond acceptors (Lipinski definition) is 15. The topological polar surface area (TPSA) is 216 Å². The lowest BCUT2D eigenvalue weighted by atomic mass is 9.42. The second-order valence-electron chi connectivity index (χ2n) is 20.0. The Bertz CT molecular complexity index is 1770. The number of carbonyl (C=O) groups is 1. The third-order valence-electron chi connectivity index (χ3n) is 16.8. The summed E-state index contributed by atoms with van der Waals surface area (Å²) in [6.45, 7) is 9.61. The maximum absolute atomic E-state index is 12.9.